The molecule has 0 radical (unpaired) electrons. The molecule has 1 N–H and O–H groups in total. The Bertz CT molecular complexity index is 464. The van der Waals surface area contributed by atoms with E-state index >= 15 is 0 Å². The van der Waals surface area contributed by atoms with Gasteiger partial charge in [0.15, 0.2) is 0 Å². The lowest BCUT2D eigenvalue weighted by molar-refractivity contribution is 0.418. The van der Waals surface area contributed by atoms with E-state index in [0.29, 0.717) is 6.04 Å². The number of furan rings is 1. The van der Waals surface area contributed by atoms with Gasteiger partial charge in [0, 0.05) is 12.5 Å². The first-order chi connectivity index (χ1) is 10.4. The molecule has 1 unspecified atom stereocenters. The standard InChI is InChI=1S/C19H27NO/c1-2-15-20-18(13-14-19-12-7-16-21-19)11-6-10-17-8-4-3-5-9-17/h3-5,7-9,12,16,18,20H,2,6,10-11,13-15H2,1H3. The van der Waals surface area contributed by atoms with Crippen molar-refractivity contribution >= 4 is 0 Å². The number of benzene rings is 1. The van der Waals surface area contributed by atoms with Crippen LogP contribution in [0.15, 0.2) is 53.1 Å². The van der Waals surface area contributed by atoms with Crippen molar-refractivity contribution in [2.45, 2.75) is 51.5 Å². The second-order valence-corrected chi connectivity index (χ2v) is 5.65. The van der Waals surface area contributed by atoms with E-state index in [9.17, 15) is 0 Å². The summed E-state index contributed by atoms with van der Waals surface area (Å²) in [6.07, 6.45) is 8.78. The van der Waals surface area contributed by atoms with Crippen LogP contribution in [0.4, 0.5) is 0 Å². The molecule has 2 aromatic rings. The highest BCUT2D eigenvalue weighted by molar-refractivity contribution is 5.14. The molecule has 114 valence electrons. The predicted molar refractivity (Wildman–Crippen MR) is 88.5 cm³/mol. The van der Waals surface area contributed by atoms with Crippen LogP contribution in [0.25, 0.3) is 0 Å². The van der Waals surface area contributed by atoms with Crippen LogP contribution in [0.3, 0.4) is 0 Å². The van der Waals surface area contributed by atoms with E-state index in [1.807, 2.05) is 6.07 Å². The fraction of sp³-hybridized carbons (Fsp3) is 0.474. The third-order valence-electron chi connectivity index (χ3n) is 3.86. The molecule has 0 amide bonds. The van der Waals surface area contributed by atoms with Gasteiger partial charge in [0.1, 0.15) is 5.76 Å². The Hall–Kier alpha value is -1.54. The summed E-state index contributed by atoms with van der Waals surface area (Å²) in [5.41, 5.74) is 1.44. The minimum absolute atomic E-state index is 0.596. The molecule has 0 fully saturated rings. The first-order valence-electron chi connectivity index (χ1n) is 8.18. The summed E-state index contributed by atoms with van der Waals surface area (Å²) in [7, 11) is 0. The molecule has 1 heterocycles. The first-order valence-corrected chi connectivity index (χ1v) is 8.18. The van der Waals surface area contributed by atoms with Crippen molar-refractivity contribution in [3.63, 3.8) is 0 Å². The highest BCUT2D eigenvalue weighted by Crippen LogP contribution is 2.12. The van der Waals surface area contributed by atoms with E-state index in [4.69, 9.17) is 4.42 Å². The molecule has 1 aromatic heterocycles. The molecule has 0 saturated carbocycles. The second-order valence-electron chi connectivity index (χ2n) is 5.65. The third kappa shape index (κ3) is 6.17. The Balaban J connectivity index is 1.73. The topological polar surface area (TPSA) is 25.2 Å². The van der Waals surface area contributed by atoms with Gasteiger partial charge in [-0.25, -0.2) is 0 Å². The smallest absolute Gasteiger partial charge is 0.103 e. The summed E-state index contributed by atoms with van der Waals surface area (Å²) < 4.78 is 5.43. The van der Waals surface area contributed by atoms with Crippen molar-refractivity contribution in [1.29, 1.82) is 0 Å². The van der Waals surface area contributed by atoms with Crippen molar-refractivity contribution in [2.75, 3.05) is 6.54 Å². The van der Waals surface area contributed by atoms with E-state index in [-0.39, 0.29) is 0 Å². The molecule has 2 rings (SSSR count). The highest BCUT2D eigenvalue weighted by Gasteiger charge is 2.09. The van der Waals surface area contributed by atoms with E-state index < -0.39 is 0 Å². The number of hydrogen-bond donors (Lipinski definition) is 1. The average molecular weight is 285 g/mol. The molecule has 0 saturated heterocycles. The van der Waals surface area contributed by atoms with Gasteiger partial charge in [-0.1, -0.05) is 37.3 Å². The Morgan fingerprint density at radius 1 is 1.00 bits per heavy atom. The van der Waals surface area contributed by atoms with Crippen molar-refractivity contribution in [3.8, 4) is 0 Å². The predicted octanol–water partition coefficient (Wildman–Crippen LogP) is 4.60. The second kappa shape index (κ2) is 9.41. The van der Waals surface area contributed by atoms with E-state index in [0.717, 1.165) is 25.1 Å². The zero-order chi connectivity index (χ0) is 14.8. The maximum Gasteiger partial charge on any atom is 0.103 e. The molecular formula is C19H27NO. The molecule has 0 aliphatic heterocycles. The van der Waals surface area contributed by atoms with Gasteiger partial charge in [-0.05, 0) is 56.3 Å². The Morgan fingerprint density at radius 2 is 1.86 bits per heavy atom. The average Bonchev–Trinajstić information content (AvgIpc) is 3.04. The van der Waals surface area contributed by atoms with Crippen LogP contribution in [-0.2, 0) is 12.8 Å². The van der Waals surface area contributed by atoms with Gasteiger partial charge >= 0.3 is 0 Å². The number of rotatable bonds is 10. The Kier molecular flexibility index (Phi) is 7.10. The fourth-order valence-electron chi connectivity index (χ4n) is 2.67. The van der Waals surface area contributed by atoms with Gasteiger partial charge in [-0.15, -0.1) is 0 Å². The molecule has 1 aromatic carbocycles. The van der Waals surface area contributed by atoms with Gasteiger partial charge in [0.2, 0.25) is 0 Å². The molecule has 2 heteroatoms. The Morgan fingerprint density at radius 3 is 2.57 bits per heavy atom. The molecule has 0 aliphatic rings. The lowest BCUT2D eigenvalue weighted by Gasteiger charge is -2.18. The molecule has 1 atom stereocenters. The minimum Gasteiger partial charge on any atom is -0.469 e. The Labute approximate surface area is 128 Å². The van der Waals surface area contributed by atoms with Crippen LogP contribution < -0.4 is 5.32 Å². The zero-order valence-electron chi connectivity index (χ0n) is 13.1. The number of aryl methyl sites for hydroxylation is 2. The van der Waals surface area contributed by atoms with Gasteiger partial charge in [0.25, 0.3) is 0 Å². The maximum atomic E-state index is 5.43. The van der Waals surface area contributed by atoms with Crippen molar-refractivity contribution in [3.05, 3.63) is 60.1 Å². The summed E-state index contributed by atoms with van der Waals surface area (Å²) in [6.45, 7) is 3.33. The van der Waals surface area contributed by atoms with Gasteiger partial charge in [-0.3, -0.25) is 0 Å². The van der Waals surface area contributed by atoms with Gasteiger partial charge < -0.3 is 9.73 Å². The fourth-order valence-corrected chi connectivity index (χ4v) is 2.67. The van der Waals surface area contributed by atoms with Crippen LogP contribution in [0, 0.1) is 0 Å². The van der Waals surface area contributed by atoms with E-state index in [1.165, 1.54) is 31.2 Å². The summed E-state index contributed by atoms with van der Waals surface area (Å²) >= 11 is 0. The highest BCUT2D eigenvalue weighted by atomic mass is 16.3. The van der Waals surface area contributed by atoms with Gasteiger partial charge in [-0.2, -0.15) is 0 Å². The SMILES string of the molecule is CCCNC(CCCc1ccccc1)CCc1ccco1. The summed E-state index contributed by atoms with van der Waals surface area (Å²) in [6, 6.07) is 15.4. The molecule has 21 heavy (non-hydrogen) atoms. The summed E-state index contributed by atoms with van der Waals surface area (Å²) in [5.74, 6) is 1.10. The largest absolute Gasteiger partial charge is 0.469 e. The minimum atomic E-state index is 0.596. The maximum absolute atomic E-state index is 5.43. The number of hydrogen-bond acceptors (Lipinski definition) is 2. The lowest BCUT2D eigenvalue weighted by Crippen LogP contribution is -2.30. The monoisotopic (exact) mass is 285 g/mol. The molecule has 0 spiro atoms. The number of nitrogens with one attached hydrogen (secondary N) is 1. The van der Waals surface area contributed by atoms with Crippen LogP contribution in [0.2, 0.25) is 0 Å². The summed E-state index contributed by atoms with van der Waals surface area (Å²) in [4.78, 5) is 0. The normalized spacial score (nSPS) is 12.4. The van der Waals surface area contributed by atoms with Crippen LogP contribution in [-0.4, -0.2) is 12.6 Å². The zero-order valence-corrected chi connectivity index (χ0v) is 13.1. The van der Waals surface area contributed by atoms with E-state index in [2.05, 4.69) is 48.6 Å². The molecule has 0 bridgehead atoms. The lowest BCUT2D eigenvalue weighted by atomic mass is 10.0. The summed E-state index contributed by atoms with van der Waals surface area (Å²) in [5, 5.41) is 3.68. The van der Waals surface area contributed by atoms with Crippen molar-refractivity contribution < 1.29 is 4.42 Å². The molecule has 0 aliphatic carbocycles. The molecule has 2 nitrogen and oxygen atoms in total. The molecular weight excluding hydrogens is 258 g/mol. The van der Waals surface area contributed by atoms with E-state index in [1.54, 1.807) is 6.26 Å². The quantitative estimate of drug-likeness (QED) is 0.690. The van der Waals surface area contributed by atoms with Crippen LogP contribution in [0.1, 0.15) is 43.9 Å². The third-order valence-corrected chi connectivity index (χ3v) is 3.86. The van der Waals surface area contributed by atoms with Crippen LogP contribution >= 0.6 is 0 Å². The first kappa shape index (κ1) is 15.8. The van der Waals surface area contributed by atoms with Crippen LogP contribution in [0.5, 0.6) is 0 Å². The van der Waals surface area contributed by atoms with Crippen molar-refractivity contribution in [2.24, 2.45) is 0 Å². The van der Waals surface area contributed by atoms with Crippen molar-refractivity contribution in [1.82, 2.24) is 5.32 Å². The van der Waals surface area contributed by atoms with Gasteiger partial charge in [0.05, 0.1) is 6.26 Å².